The highest BCUT2D eigenvalue weighted by molar-refractivity contribution is 6.00. The number of hydrogen-bond acceptors (Lipinski definition) is 22. The first kappa shape index (κ1) is 72.9. The van der Waals surface area contributed by atoms with Crippen LogP contribution in [0.1, 0.15) is 158 Å². The van der Waals surface area contributed by atoms with E-state index in [0.717, 1.165) is 12.8 Å². The SMILES string of the molecule is CC[C@H]1CCC[C@H](OC(C)=O)[C@@H](C)C(=O)C2=C[C@H]3[C@@H]4C[C@H](O[C@@H]5OC(C)[C@H](OC)C(OC)[C@@H]5OC)C[C@H]4[C@@H]4C(=O)C[C@@H]4[C@H]3[C@@H]2CC(=O)O1.CC[C@H]1CCC[C@H](OC(C)=O)[C@@H](C)C(=O)C2=C[C@H]3[C@@H]4C[C@H](O[C@@H]5OC(C)[C@H](OC)C(OC)[C@@H]5OC)C[C@H]4[C@@H]4CC(=O)[C@@H]4[C@H]3[C@@H]2CC(=O)O1. The second kappa shape index (κ2) is 30.9. The number of methoxy groups -OCH3 is 6. The Morgan fingerprint density at radius 2 is 0.854 bits per heavy atom. The molecule has 0 aromatic carbocycles. The van der Waals surface area contributed by atoms with Crippen LogP contribution in [0.4, 0.5) is 0 Å². The van der Waals surface area contributed by atoms with Crippen molar-refractivity contribution < 1.29 is 105 Å². The minimum absolute atomic E-state index is 0.0143. The van der Waals surface area contributed by atoms with Gasteiger partial charge in [0.05, 0.1) is 49.1 Å². The summed E-state index contributed by atoms with van der Waals surface area (Å²) in [6, 6.07) is 0. The molecule has 536 valence electrons. The van der Waals surface area contributed by atoms with E-state index in [1.54, 1.807) is 42.7 Å². The molecule has 4 aliphatic heterocycles. The van der Waals surface area contributed by atoms with E-state index in [1.807, 2.05) is 41.5 Å². The Balaban J connectivity index is 0.000000195. The molecule has 22 heteroatoms. The van der Waals surface area contributed by atoms with Gasteiger partial charge in [0.15, 0.2) is 24.1 Å². The largest absolute Gasteiger partial charge is 0.462 e. The second-order valence-corrected chi connectivity index (χ2v) is 30.1. The number of carbonyl (C=O) groups excluding carboxylic acids is 8. The molecule has 4 unspecified atom stereocenters. The summed E-state index contributed by atoms with van der Waals surface area (Å²) in [7, 11) is 9.75. The van der Waals surface area contributed by atoms with Crippen molar-refractivity contribution in [3.8, 4) is 0 Å². The van der Waals surface area contributed by atoms with E-state index in [1.165, 1.54) is 13.8 Å². The number of carbonyl (C=O) groups is 8. The van der Waals surface area contributed by atoms with E-state index in [-0.39, 0.29) is 186 Å². The predicted molar refractivity (Wildman–Crippen MR) is 343 cm³/mol. The van der Waals surface area contributed by atoms with Crippen LogP contribution in [0.2, 0.25) is 0 Å². The third-order valence-electron chi connectivity index (χ3n) is 25.2. The van der Waals surface area contributed by atoms with E-state index >= 15 is 0 Å². The van der Waals surface area contributed by atoms with Crippen molar-refractivity contribution in [2.24, 2.45) is 94.7 Å². The summed E-state index contributed by atoms with van der Waals surface area (Å²) in [5.41, 5.74) is 1.24. The van der Waals surface area contributed by atoms with Crippen molar-refractivity contribution in [3.63, 3.8) is 0 Å². The maximum absolute atomic E-state index is 14.3. The zero-order valence-corrected chi connectivity index (χ0v) is 58.9. The van der Waals surface area contributed by atoms with Crippen LogP contribution in [-0.4, -0.2) is 188 Å². The number of ketones is 4. The van der Waals surface area contributed by atoms with E-state index < -0.39 is 66.7 Å². The van der Waals surface area contributed by atoms with Crippen LogP contribution in [0.5, 0.6) is 0 Å². The summed E-state index contributed by atoms with van der Waals surface area (Å²) in [5.74, 6) is -2.57. The molecule has 4 heterocycles. The maximum Gasteiger partial charge on any atom is 0.306 e. The average Bonchev–Trinajstić information content (AvgIpc) is 1.52. The summed E-state index contributed by atoms with van der Waals surface area (Å²) >= 11 is 0. The van der Waals surface area contributed by atoms with Gasteiger partial charge < -0.3 is 66.3 Å². The van der Waals surface area contributed by atoms with Crippen LogP contribution in [0, 0.1) is 94.7 Å². The second-order valence-electron chi connectivity index (χ2n) is 30.1. The molecular weight excluding hydrogens is 1240 g/mol. The van der Waals surface area contributed by atoms with E-state index in [2.05, 4.69) is 12.2 Å². The monoisotopic (exact) mass is 1350 g/mol. The molecule has 96 heavy (non-hydrogen) atoms. The van der Waals surface area contributed by atoms with Gasteiger partial charge >= 0.3 is 23.9 Å². The lowest BCUT2D eigenvalue weighted by Crippen LogP contribution is -2.59. The van der Waals surface area contributed by atoms with Crippen LogP contribution < -0.4 is 0 Å². The van der Waals surface area contributed by atoms with Crippen LogP contribution in [0.3, 0.4) is 0 Å². The highest BCUT2D eigenvalue weighted by atomic mass is 16.7. The van der Waals surface area contributed by atoms with Crippen LogP contribution in [0.15, 0.2) is 23.3 Å². The highest BCUT2D eigenvalue weighted by Crippen LogP contribution is 2.67. The Hall–Kier alpha value is -4.36. The Morgan fingerprint density at radius 3 is 1.27 bits per heavy atom. The molecular formula is C74H108O22. The van der Waals surface area contributed by atoms with Crippen molar-refractivity contribution in [1.29, 1.82) is 0 Å². The Kier molecular flexibility index (Phi) is 23.4. The minimum atomic E-state index is -0.672. The molecule has 12 aliphatic rings. The number of Topliss-reactive ketones (excluding diaryl/α,β-unsaturated/α-hetero) is 4. The van der Waals surface area contributed by atoms with Crippen LogP contribution in [0.25, 0.3) is 0 Å². The number of allylic oxidation sites excluding steroid dienone is 4. The van der Waals surface area contributed by atoms with Gasteiger partial charge in [0.25, 0.3) is 0 Å². The van der Waals surface area contributed by atoms with Crippen LogP contribution >= 0.6 is 0 Å². The van der Waals surface area contributed by atoms with E-state index in [9.17, 15) is 38.4 Å². The molecule has 4 saturated heterocycles. The fourth-order valence-corrected chi connectivity index (χ4v) is 20.8. The first-order valence-electron chi connectivity index (χ1n) is 36.1. The topological polar surface area (TPSA) is 266 Å². The maximum atomic E-state index is 14.3. The first-order chi connectivity index (χ1) is 46.0. The van der Waals surface area contributed by atoms with Crippen molar-refractivity contribution >= 4 is 47.0 Å². The first-order valence-corrected chi connectivity index (χ1v) is 36.1. The third kappa shape index (κ3) is 14.1. The summed E-state index contributed by atoms with van der Waals surface area (Å²) in [6.07, 6.45) is 7.18. The van der Waals surface area contributed by atoms with Gasteiger partial charge in [0, 0.05) is 93.0 Å². The predicted octanol–water partition coefficient (Wildman–Crippen LogP) is 8.46. The molecule has 0 N–H and O–H groups in total. The highest BCUT2D eigenvalue weighted by Gasteiger charge is 2.67. The van der Waals surface area contributed by atoms with Gasteiger partial charge in [0.2, 0.25) is 0 Å². The van der Waals surface area contributed by atoms with Crippen molar-refractivity contribution in [2.45, 2.75) is 256 Å². The lowest BCUT2D eigenvalue weighted by molar-refractivity contribution is -0.314. The number of ether oxygens (including phenoxy) is 14. The van der Waals surface area contributed by atoms with Gasteiger partial charge in [-0.2, -0.15) is 0 Å². The lowest BCUT2D eigenvalue weighted by Gasteiger charge is -2.54. The standard InChI is InChI=1S/2C37H54O11/c1-8-20-10-9-11-29(46-19(4)38)17(2)33(41)26-14-24-22-12-21(48-37-36(44-7)35(43-6)34(42-5)18(3)45-37)13-23(22)32-27(15-28(32)39)31(24)25(26)16-30(40)47-20;1-8-20-10-9-11-29(46-19(4)38)17(2)33(41)27-14-24-22-12-21(48-37-36(44-7)35(43-6)34(42-5)18(3)45-37)13-23(22)25-15-28(39)32(25)31(24)26(27)16-30(40)47-20/h14,17-18,20-25,27,29,31-32,34-37H,8-13,15-16H2,1-7H3;14,17-18,20-26,29,31-32,34-37H,8-13,15-16H2,1-7H3/t17-,18?,20+,21+,22-,23-,24+,25-,27-,29+,31-,32+,34+,35?,36+,37+;17-,18?,20+,21+,22-,23-,24+,25+,26-,29+,31-,32-,34+,35?,36+,37+/m11/s1. The minimum Gasteiger partial charge on any atom is -0.462 e. The number of rotatable bonds is 14. The van der Waals surface area contributed by atoms with E-state index in [0.29, 0.717) is 88.2 Å². The van der Waals surface area contributed by atoms with Crippen molar-refractivity contribution in [3.05, 3.63) is 23.3 Å². The Labute approximate surface area is 566 Å². The molecule has 0 bridgehead atoms. The van der Waals surface area contributed by atoms with Crippen LogP contribution in [-0.2, 0) is 105 Å². The summed E-state index contributed by atoms with van der Waals surface area (Å²) in [4.78, 5) is 107. The molecule has 0 amide bonds. The van der Waals surface area contributed by atoms with Crippen molar-refractivity contribution in [2.75, 3.05) is 42.7 Å². The number of hydrogen-bond donors (Lipinski definition) is 0. The molecule has 0 spiro atoms. The smallest absolute Gasteiger partial charge is 0.306 e. The summed E-state index contributed by atoms with van der Waals surface area (Å²) < 4.78 is 83.9. The molecule has 12 rings (SSSR count). The molecule has 0 aromatic rings. The zero-order chi connectivity index (χ0) is 68.9. The number of fused-ring (bicyclic) bond motifs is 16. The fraction of sp³-hybridized carbons (Fsp3) is 0.838. The molecule has 0 aromatic heterocycles. The quantitative estimate of drug-likeness (QED) is 0.117. The Bertz CT molecular complexity index is 2910. The third-order valence-corrected chi connectivity index (χ3v) is 25.2. The lowest BCUT2D eigenvalue weighted by atomic mass is 9.49. The zero-order valence-electron chi connectivity index (χ0n) is 58.9. The van der Waals surface area contributed by atoms with E-state index in [4.69, 9.17) is 66.3 Å². The summed E-state index contributed by atoms with van der Waals surface area (Å²) in [5, 5.41) is 0. The number of cyclic esters (lactones) is 2. The molecule has 6 saturated carbocycles. The van der Waals surface area contributed by atoms with Gasteiger partial charge in [-0.1, -0.05) is 39.8 Å². The van der Waals surface area contributed by atoms with Gasteiger partial charge in [0.1, 0.15) is 72.6 Å². The molecule has 22 nitrogen and oxygen atoms in total. The van der Waals surface area contributed by atoms with Gasteiger partial charge in [-0.25, -0.2) is 0 Å². The van der Waals surface area contributed by atoms with Gasteiger partial charge in [-0.15, -0.1) is 0 Å². The van der Waals surface area contributed by atoms with Crippen molar-refractivity contribution in [1.82, 2.24) is 0 Å². The Morgan fingerprint density at radius 1 is 0.458 bits per heavy atom. The normalized spacial score (nSPS) is 46.1. The number of esters is 4. The molecule has 8 aliphatic carbocycles. The molecule has 32 atom stereocenters. The van der Waals surface area contributed by atoms with Gasteiger partial charge in [-0.05, 0) is 161 Å². The molecule has 10 fully saturated rings. The average molecular weight is 1350 g/mol. The fourth-order valence-electron chi connectivity index (χ4n) is 20.8. The molecule has 0 radical (unpaired) electrons. The van der Waals surface area contributed by atoms with Gasteiger partial charge in [-0.3, -0.25) is 38.4 Å². The summed E-state index contributed by atoms with van der Waals surface area (Å²) in [6.45, 7) is 14.3.